The highest BCUT2D eigenvalue weighted by Crippen LogP contribution is 2.32. The molecule has 0 bridgehead atoms. The fraction of sp³-hybridized carbons (Fsp3) is 0.125. The average Bonchev–Trinajstić information content (AvgIpc) is 3.15. The zero-order valence-corrected chi connectivity index (χ0v) is 18.1. The molecule has 2 N–H and O–H groups in total. The Morgan fingerprint density at radius 3 is 2.73 bits per heavy atom. The van der Waals surface area contributed by atoms with Crippen LogP contribution < -0.4 is 5.32 Å². The largest absolute Gasteiger partial charge is 0.351 e. The van der Waals surface area contributed by atoms with Gasteiger partial charge in [0.15, 0.2) is 0 Å². The zero-order valence-electron chi connectivity index (χ0n) is 16.6. The lowest BCUT2D eigenvalue weighted by Gasteiger charge is -2.11. The van der Waals surface area contributed by atoms with Gasteiger partial charge >= 0.3 is 0 Å². The second-order valence-electron chi connectivity index (χ2n) is 7.18. The van der Waals surface area contributed by atoms with Gasteiger partial charge in [-0.05, 0) is 60.9 Å². The monoisotopic (exact) mass is 438 g/mol. The summed E-state index contributed by atoms with van der Waals surface area (Å²) >= 11 is 7.32. The second-order valence-corrected chi connectivity index (χ2v) is 8.60. The van der Waals surface area contributed by atoms with Gasteiger partial charge in [-0.3, -0.25) is 4.79 Å². The molecule has 3 aromatic carbocycles. The second kappa shape index (κ2) is 8.54. The number of carbonyl (C=O) groups is 1. The molecule has 6 heteroatoms. The number of para-hydroxylation sites is 1. The number of thioether (sulfide) groups is 1. The third-order valence-corrected chi connectivity index (χ3v) is 6.30. The van der Waals surface area contributed by atoms with Crippen LogP contribution in [0.5, 0.6) is 0 Å². The molecule has 30 heavy (non-hydrogen) atoms. The van der Waals surface area contributed by atoms with E-state index in [0.29, 0.717) is 22.7 Å². The summed E-state index contributed by atoms with van der Waals surface area (Å²) in [6.07, 6.45) is 0. The van der Waals surface area contributed by atoms with E-state index in [1.54, 1.807) is 12.1 Å². The molecule has 0 radical (unpaired) electrons. The predicted octanol–water partition coefficient (Wildman–Crippen LogP) is 7.12. The molecule has 4 rings (SSSR count). The number of hydrogen-bond donors (Lipinski definition) is 2. The van der Waals surface area contributed by atoms with Crippen LogP contribution in [0.1, 0.15) is 27.2 Å². The van der Waals surface area contributed by atoms with Crippen LogP contribution in [0.3, 0.4) is 0 Å². The van der Waals surface area contributed by atoms with Crippen LogP contribution in [0.15, 0.2) is 65.6 Å². The van der Waals surface area contributed by atoms with Crippen LogP contribution in [-0.2, 0) is 5.75 Å². The predicted molar refractivity (Wildman–Crippen MR) is 123 cm³/mol. The number of aromatic nitrogens is 1. The van der Waals surface area contributed by atoms with Crippen LogP contribution in [-0.4, -0.2) is 10.9 Å². The first-order chi connectivity index (χ1) is 14.4. The fourth-order valence-corrected chi connectivity index (χ4v) is 4.60. The number of fused-ring (bicyclic) bond motifs is 1. The number of aromatic amines is 1. The van der Waals surface area contributed by atoms with Crippen molar-refractivity contribution >= 4 is 45.9 Å². The molecule has 0 unspecified atom stereocenters. The molecular weight excluding hydrogens is 419 g/mol. The summed E-state index contributed by atoms with van der Waals surface area (Å²) in [6.45, 7) is 4.06. The van der Waals surface area contributed by atoms with Gasteiger partial charge in [0.25, 0.3) is 5.91 Å². The number of rotatable bonds is 5. The van der Waals surface area contributed by atoms with Gasteiger partial charge in [0, 0.05) is 21.6 Å². The van der Waals surface area contributed by atoms with E-state index >= 15 is 0 Å². The maximum Gasteiger partial charge on any atom is 0.272 e. The Labute approximate surface area is 183 Å². The summed E-state index contributed by atoms with van der Waals surface area (Å²) in [7, 11) is 0. The summed E-state index contributed by atoms with van der Waals surface area (Å²) in [4.78, 5) is 16.9. The Bertz CT molecular complexity index is 1250. The molecule has 3 nitrogen and oxygen atoms in total. The minimum atomic E-state index is -0.406. The summed E-state index contributed by atoms with van der Waals surface area (Å²) in [6, 6.07) is 18.5. The van der Waals surface area contributed by atoms with Gasteiger partial charge in [-0.1, -0.05) is 41.9 Å². The highest BCUT2D eigenvalue weighted by Gasteiger charge is 2.14. The average molecular weight is 439 g/mol. The van der Waals surface area contributed by atoms with Crippen LogP contribution >= 0.6 is 23.4 Å². The number of hydrogen-bond acceptors (Lipinski definition) is 2. The van der Waals surface area contributed by atoms with Crippen molar-refractivity contribution in [1.82, 2.24) is 4.98 Å². The molecule has 1 amide bonds. The van der Waals surface area contributed by atoms with Crippen molar-refractivity contribution < 1.29 is 9.18 Å². The van der Waals surface area contributed by atoms with Gasteiger partial charge in [-0.2, -0.15) is 0 Å². The van der Waals surface area contributed by atoms with Crippen molar-refractivity contribution in [3.63, 3.8) is 0 Å². The maximum atomic E-state index is 14.2. The molecule has 0 fully saturated rings. The van der Waals surface area contributed by atoms with Gasteiger partial charge in [0.2, 0.25) is 0 Å². The van der Waals surface area contributed by atoms with E-state index in [9.17, 15) is 9.18 Å². The molecule has 0 saturated carbocycles. The summed E-state index contributed by atoms with van der Waals surface area (Å²) in [5, 5.41) is 4.12. The van der Waals surface area contributed by atoms with Crippen molar-refractivity contribution in [2.24, 2.45) is 0 Å². The van der Waals surface area contributed by atoms with Gasteiger partial charge in [0.05, 0.1) is 10.7 Å². The molecule has 0 saturated heterocycles. The molecule has 0 spiro atoms. The Morgan fingerprint density at radius 2 is 1.90 bits per heavy atom. The molecule has 4 aromatic rings. The third kappa shape index (κ3) is 4.23. The van der Waals surface area contributed by atoms with E-state index in [2.05, 4.69) is 16.4 Å². The number of nitrogens with one attached hydrogen (secondary N) is 2. The van der Waals surface area contributed by atoms with E-state index in [-0.39, 0.29) is 10.9 Å². The summed E-state index contributed by atoms with van der Waals surface area (Å²) < 4.78 is 14.2. The lowest BCUT2D eigenvalue weighted by Crippen LogP contribution is -2.12. The summed E-state index contributed by atoms with van der Waals surface area (Å²) in [5.74, 6) is -0.216. The Morgan fingerprint density at radius 1 is 1.10 bits per heavy atom. The number of halogens is 2. The Kier molecular flexibility index (Phi) is 5.84. The quantitative estimate of drug-likeness (QED) is 0.326. The van der Waals surface area contributed by atoms with Crippen molar-refractivity contribution in [2.45, 2.75) is 24.5 Å². The number of aryl methyl sites for hydroxylation is 2. The van der Waals surface area contributed by atoms with Gasteiger partial charge in [0.1, 0.15) is 11.5 Å². The van der Waals surface area contributed by atoms with Gasteiger partial charge < -0.3 is 10.3 Å². The molecular formula is C24H20ClFN2OS. The minimum Gasteiger partial charge on any atom is -0.351 e. The van der Waals surface area contributed by atoms with Gasteiger partial charge in [-0.25, -0.2) is 4.39 Å². The van der Waals surface area contributed by atoms with Crippen LogP contribution in [0.25, 0.3) is 10.9 Å². The van der Waals surface area contributed by atoms with Crippen LogP contribution in [0, 0.1) is 19.7 Å². The first-order valence-electron chi connectivity index (χ1n) is 9.48. The first kappa shape index (κ1) is 20.5. The lowest BCUT2D eigenvalue weighted by atomic mass is 10.1. The molecule has 0 aliphatic carbocycles. The van der Waals surface area contributed by atoms with Crippen LogP contribution in [0.4, 0.5) is 10.1 Å². The first-order valence-corrected chi connectivity index (χ1v) is 10.8. The molecule has 0 aliphatic rings. The van der Waals surface area contributed by atoms with Crippen molar-refractivity contribution in [3.05, 3.63) is 93.9 Å². The third-order valence-electron chi connectivity index (χ3n) is 4.88. The number of H-pyrrole nitrogens is 1. The molecule has 152 valence electrons. The Hall–Kier alpha value is -2.76. The lowest BCUT2D eigenvalue weighted by molar-refractivity contribution is 0.102. The van der Waals surface area contributed by atoms with Crippen LogP contribution in [0.2, 0.25) is 5.02 Å². The minimum absolute atomic E-state index is 0.110. The smallest absolute Gasteiger partial charge is 0.272 e. The SMILES string of the molecule is Cc1cc(C)c2cc(C(=O)Nc3ccccc3SCc3cccc(Cl)c3F)[nH]c2c1. The van der Waals surface area contributed by atoms with Gasteiger partial charge in [-0.15, -0.1) is 11.8 Å². The standard InChI is InChI=1S/C24H20ClFN2OS/c1-14-10-15(2)17-12-21(27-20(17)11-14)24(29)28-19-8-3-4-9-22(19)30-13-16-6-5-7-18(25)23(16)26/h3-12,27H,13H2,1-2H3,(H,28,29). The highest BCUT2D eigenvalue weighted by molar-refractivity contribution is 7.98. The van der Waals surface area contributed by atoms with E-state index in [4.69, 9.17) is 11.6 Å². The topological polar surface area (TPSA) is 44.9 Å². The zero-order chi connectivity index (χ0) is 21.3. The van der Waals surface area contributed by atoms with E-state index in [0.717, 1.165) is 26.9 Å². The molecule has 0 atom stereocenters. The van der Waals surface area contributed by atoms with E-state index in [1.165, 1.54) is 17.8 Å². The van der Waals surface area contributed by atoms with Crippen molar-refractivity contribution in [2.75, 3.05) is 5.32 Å². The number of benzene rings is 3. The summed E-state index contributed by atoms with van der Waals surface area (Å²) in [5.41, 5.74) is 4.91. The highest BCUT2D eigenvalue weighted by atomic mass is 35.5. The number of amides is 1. The van der Waals surface area contributed by atoms with E-state index in [1.807, 2.05) is 50.2 Å². The molecule has 1 aromatic heterocycles. The molecule has 1 heterocycles. The van der Waals surface area contributed by atoms with Crippen molar-refractivity contribution in [3.8, 4) is 0 Å². The normalized spacial score (nSPS) is 11.1. The maximum absolute atomic E-state index is 14.2. The molecule has 0 aliphatic heterocycles. The fourth-order valence-electron chi connectivity index (χ4n) is 3.42. The van der Waals surface area contributed by atoms with E-state index < -0.39 is 5.82 Å². The Balaban J connectivity index is 1.54. The number of anilines is 1. The van der Waals surface area contributed by atoms with Crippen molar-refractivity contribution in [1.29, 1.82) is 0 Å². The number of carbonyl (C=O) groups excluding carboxylic acids is 1.